The molecular weight excluding hydrogens is 746 g/mol. The summed E-state index contributed by atoms with van der Waals surface area (Å²) in [5.41, 5.74) is 2.01. The Kier molecular flexibility index (Phi) is 15.1. The number of alkyl halides is 2. The number of rotatable bonds is 16. The van der Waals surface area contributed by atoms with Crippen LogP contribution in [0, 0.1) is 11.8 Å². The van der Waals surface area contributed by atoms with E-state index < -0.39 is 89.4 Å². The minimum Gasteiger partial charge on any atom is -0.444 e. The minimum atomic E-state index is -4.46. The monoisotopic (exact) mass is 798 g/mol. The van der Waals surface area contributed by atoms with Crippen molar-refractivity contribution in [1.29, 1.82) is 0 Å². The molecule has 310 valence electrons. The number of carbonyl (C=O) groups excluding carboxylic acids is 7. The molecule has 3 heterocycles. The van der Waals surface area contributed by atoms with Crippen LogP contribution in [0.5, 0.6) is 0 Å². The molecule has 57 heavy (non-hydrogen) atoms. The van der Waals surface area contributed by atoms with Crippen LogP contribution >= 0.6 is 0 Å². The number of hydrogen-bond donors (Lipinski definition) is 4. The fourth-order valence-corrected chi connectivity index (χ4v) is 6.77. The molecule has 0 radical (unpaired) electrons. The lowest BCUT2D eigenvalue weighted by Crippen LogP contribution is -2.60. The smallest absolute Gasteiger partial charge is 0.410 e. The van der Waals surface area contributed by atoms with Gasteiger partial charge in [0, 0.05) is 38.4 Å². The maximum atomic E-state index is 15.0. The highest BCUT2D eigenvalue weighted by atomic mass is 19.3. The van der Waals surface area contributed by atoms with E-state index in [1.807, 2.05) is 29.6 Å². The maximum Gasteiger partial charge on any atom is 0.410 e. The number of benzene rings is 1. The van der Waals surface area contributed by atoms with Gasteiger partial charge < -0.3 is 35.8 Å². The molecule has 4 rings (SSSR count). The van der Waals surface area contributed by atoms with Crippen molar-refractivity contribution < 1.29 is 47.1 Å². The highest BCUT2D eigenvalue weighted by Gasteiger charge is 2.51. The summed E-state index contributed by atoms with van der Waals surface area (Å²) in [5, 5.41) is 9.60. The first kappa shape index (κ1) is 44.2. The van der Waals surface area contributed by atoms with Gasteiger partial charge in [-0.05, 0) is 42.7 Å². The van der Waals surface area contributed by atoms with Crippen LogP contribution in [0.3, 0.4) is 0 Å². The van der Waals surface area contributed by atoms with E-state index in [1.165, 1.54) is 30.4 Å². The van der Waals surface area contributed by atoms with Gasteiger partial charge in [0.05, 0.1) is 18.8 Å². The second-order valence-corrected chi connectivity index (χ2v) is 14.9. The lowest BCUT2D eigenvalue weighted by Gasteiger charge is -2.32. The predicted molar refractivity (Wildman–Crippen MR) is 201 cm³/mol. The molecule has 1 aromatic carbocycles. The molecule has 2 aliphatic rings. The molecule has 0 unspecified atom stereocenters. The first-order chi connectivity index (χ1) is 27.0. The molecule has 0 aliphatic carbocycles. The Hall–Kier alpha value is -5.55. The van der Waals surface area contributed by atoms with Crippen molar-refractivity contribution in [2.24, 2.45) is 11.8 Å². The van der Waals surface area contributed by atoms with Crippen LogP contribution in [0.4, 0.5) is 13.6 Å². The second-order valence-electron chi connectivity index (χ2n) is 14.9. The van der Waals surface area contributed by atoms with Gasteiger partial charge in [0.1, 0.15) is 29.9 Å². The number of ether oxygens (including phenoxy) is 1. The quantitative estimate of drug-likeness (QED) is 0.182. The summed E-state index contributed by atoms with van der Waals surface area (Å²) in [6.07, 6.45) is 2.49. The van der Waals surface area contributed by atoms with Crippen LogP contribution in [0.15, 0.2) is 42.9 Å². The van der Waals surface area contributed by atoms with Crippen molar-refractivity contribution in [3.8, 4) is 0 Å². The van der Waals surface area contributed by atoms with Crippen molar-refractivity contribution in [3.05, 3.63) is 59.7 Å². The number of likely N-dealkylation sites (tertiary alicyclic amines) is 1. The highest BCUT2D eigenvalue weighted by molar-refractivity contribution is 6.10. The Labute approximate surface area is 330 Å². The van der Waals surface area contributed by atoms with Crippen LogP contribution in [-0.2, 0) is 41.7 Å². The lowest BCUT2D eigenvalue weighted by atomic mass is 9.98. The Morgan fingerprint density at radius 1 is 0.930 bits per heavy atom. The standard InChI is InChI=1S/C39H52F2N8O8/c1-7-11-27(32(50)39(40,41)37(55)43-8-2)45-34(52)29-18-26(57-38(56)48-17-14-24-12-9-10-13-25(24)20-48)21-49(29)36(54)31(23(5)6)47-35(53)30(22(3)4)46-33(51)28-19-42-15-16-44-28/h9-10,12-13,15-16,19,22-23,26-27,29-31H,7-8,11,14,17-18,20-21H2,1-6H3,(H,43,55)(H,45,52)(H,46,51)(H,47,53)/t26-,27+,29+,30+,31+/m1/s1. The SMILES string of the molecule is CCC[C@H](NC(=O)[C@@H]1C[C@@H](OC(=O)N2CCc3ccccc3C2)CN1C(=O)[C@@H](NC(=O)[C@@H](NC(=O)c1cnccn1)C(C)C)C(C)C)C(=O)C(F)(F)C(=O)NCC. The van der Waals surface area contributed by atoms with Crippen molar-refractivity contribution >= 4 is 41.4 Å². The van der Waals surface area contributed by atoms with Gasteiger partial charge in [0.15, 0.2) is 0 Å². The predicted octanol–water partition coefficient (Wildman–Crippen LogP) is 2.16. The zero-order valence-corrected chi connectivity index (χ0v) is 33.1. The number of amides is 6. The number of fused-ring (bicyclic) bond motifs is 1. The van der Waals surface area contributed by atoms with Gasteiger partial charge in [0.25, 0.3) is 11.8 Å². The van der Waals surface area contributed by atoms with E-state index in [9.17, 15) is 42.3 Å². The van der Waals surface area contributed by atoms with E-state index in [0.29, 0.717) is 13.0 Å². The molecule has 1 saturated heterocycles. The summed E-state index contributed by atoms with van der Waals surface area (Å²) in [7, 11) is 0. The van der Waals surface area contributed by atoms with Gasteiger partial charge in [-0.2, -0.15) is 8.78 Å². The van der Waals surface area contributed by atoms with Crippen LogP contribution < -0.4 is 21.3 Å². The van der Waals surface area contributed by atoms with E-state index in [4.69, 9.17) is 4.74 Å². The van der Waals surface area contributed by atoms with E-state index in [1.54, 1.807) is 34.6 Å². The third-order valence-corrected chi connectivity index (χ3v) is 9.91. The van der Waals surface area contributed by atoms with Gasteiger partial charge in [-0.3, -0.25) is 33.8 Å². The molecule has 5 atom stereocenters. The topological polar surface area (TPSA) is 209 Å². The van der Waals surface area contributed by atoms with Gasteiger partial charge >= 0.3 is 12.0 Å². The molecule has 0 spiro atoms. The number of Topliss-reactive ketones (excluding diaryl/α,β-unsaturated/α-hetero) is 1. The van der Waals surface area contributed by atoms with Gasteiger partial charge in [-0.15, -0.1) is 0 Å². The fraction of sp³-hybridized carbons (Fsp3) is 0.564. The molecule has 2 aliphatic heterocycles. The number of carbonyl (C=O) groups is 7. The van der Waals surface area contributed by atoms with Crippen LogP contribution in [0.2, 0.25) is 0 Å². The summed E-state index contributed by atoms with van der Waals surface area (Å²) < 4.78 is 35.8. The van der Waals surface area contributed by atoms with Crippen LogP contribution in [-0.4, -0.2) is 117 Å². The number of halogens is 2. The molecule has 0 bridgehead atoms. The van der Waals surface area contributed by atoms with Crippen molar-refractivity contribution in [1.82, 2.24) is 41.0 Å². The molecule has 1 fully saturated rings. The zero-order valence-electron chi connectivity index (χ0n) is 33.1. The van der Waals surface area contributed by atoms with E-state index >= 15 is 0 Å². The normalized spacial score (nSPS) is 18.2. The molecule has 6 amide bonds. The van der Waals surface area contributed by atoms with Crippen LogP contribution in [0.25, 0.3) is 0 Å². The highest BCUT2D eigenvalue weighted by Crippen LogP contribution is 2.27. The van der Waals surface area contributed by atoms with Crippen molar-refractivity contribution in [2.45, 2.75) is 110 Å². The fourth-order valence-electron chi connectivity index (χ4n) is 6.77. The Balaban J connectivity index is 1.59. The maximum absolute atomic E-state index is 15.0. The lowest BCUT2D eigenvalue weighted by molar-refractivity contribution is -0.160. The Morgan fingerprint density at radius 3 is 2.23 bits per heavy atom. The number of hydrogen-bond acceptors (Lipinski definition) is 10. The number of aromatic nitrogens is 2. The zero-order chi connectivity index (χ0) is 42.0. The summed E-state index contributed by atoms with van der Waals surface area (Å²) in [6.45, 7) is 9.89. The third kappa shape index (κ3) is 10.9. The van der Waals surface area contributed by atoms with E-state index in [-0.39, 0.29) is 44.6 Å². The second kappa shape index (κ2) is 19.5. The molecule has 18 heteroatoms. The minimum absolute atomic E-state index is 0.0312. The van der Waals surface area contributed by atoms with E-state index in [0.717, 1.165) is 16.0 Å². The summed E-state index contributed by atoms with van der Waals surface area (Å²) in [4.78, 5) is 104. The summed E-state index contributed by atoms with van der Waals surface area (Å²) in [5.74, 6) is -12.2. The molecule has 1 aromatic heterocycles. The summed E-state index contributed by atoms with van der Waals surface area (Å²) >= 11 is 0. The third-order valence-electron chi connectivity index (χ3n) is 9.91. The Bertz CT molecular complexity index is 1800. The Morgan fingerprint density at radius 2 is 1.61 bits per heavy atom. The molecule has 16 nitrogen and oxygen atoms in total. The summed E-state index contributed by atoms with van der Waals surface area (Å²) in [6, 6.07) is 2.03. The average molecular weight is 799 g/mol. The number of ketones is 1. The van der Waals surface area contributed by atoms with Crippen LogP contribution in [0.1, 0.15) is 82.4 Å². The number of nitrogens with one attached hydrogen (secondary N) is 4. The first-order valence-corrected chi connectivity index (χ1v) is 19.2. The van der Waals surface area contributed by atoms with Crippen molar-refractivity contribution in [2.75, 3.05) is 19.6 Å². The van der Waals surface area contributed by atoms with E-state index in [2.05, 4.69) is 25.9 Å². The van der Waals surface area contributed by atoms with Gasteiger partial charge in [-0.25, -0.2) is 9.78 Å². The molecule has 2 aromatic rings. The molecule has 0 saturated carbocycles. The van der Waals surface area contributed by atoms with Gasteiger partial charge in [-0.1, -0.05) is 65.3 Å². The van der Waals surface area contributed by atoms with Gasteiger partial charge in [0.2, 0.25) is 23.5 Å². The first-order valence-electron chi connectivity index (χ1n) is 19.2. The van der Waals surface area contributed by atoms with Crippen molar-refractivity contribution in [3.63, 3.8) is 0 Å². The largest absolute Gasteiger partial charge is 0.444 e. The average Bonchev–Trinajstić information content (AvgIpc) is 3.61. The molecular formula is C39H52F2N8O8. The number of nitrogens with zero attached hydrogens (tertiary/aromatic N) is 4. The molecule has 4 N–H and O–H groups in total.